The van der Waals surface area contributed by atoms with Crippen molar-refractivity contribution in [3.8, 4) is 28.8 Å². The fourth-order valence-electron chi connectivity index (χ4n) is 4.39. The molecule has 3 heterocycles. The highest BCUT2D eigenvalue weighted by molar-refractivity contribution is 5.83. The molecule has 0 aliphatic carbocycles. The van der Waals surface area contributed by atoms with Crippen LogP contribution < -0.4 is 11.0 Å². The zero-order valence-electron chi connectivity index (χ0n) is 21.2. The predicted octanol–water partition coefficient (Wildman–Crippen LogP) is 4.18. The summed E-state index contributed by atoms with van der Waals surface area (Å²) in [5.41, 5.74) is 0.328. The third-order valence-electron chi connectivity index (χ3n) is 6.23. The van der Waals surface area contributed by atoms with Gasteiger partial charge in [0.2, 0.25) is 0 Å². The smallest absolute Gasteiger partial charge is 0.332 e. The maximum Gasteiger partial charge on any atom is 0.416 e. The molecule has 0 saturated carbocycles. The molecule has 0 spiro atoms. The lowest BCUT2D eigenvalue weighted by molar-refractivity contribution is -0.137. The summed E-state index contributed by atoms with van der Waals surface area (Å²) < 4.78 is 45.4. The van der Waals surface area contributed by atoms with Crippen LogP contribution in [0.15, 0.2) is 77.9 Å². The van der Waals surface area contributed by atoms with E-state index >= 15 is 0 Å². The maximum atomic E-state index is 13.8. The van der Waals surface area contributed by atoms with Crippen LogP contribution in [0.5, 0.6) is 0 Å². The fraction of sp³-hybridized carbons (Fsp3) is 0.148. The lowest BCUT2D eigenvalue weighted by atomic mass is 10.2. The average Bonchev–Trinajstić information content (AvgIpc) is 3.64. The summed E-state index contributed by atoms with van der Waals surface area (Å²) in [6.07, 6.45) is -1.47. The number of carbonyl (C=O) groups is 1. The number of hydrogen-bond acceptors (Lipinski definition) is 5. The van der Waals surface area contributed by atoms with Gasteiger partial charge >= 0.3 is 17.9 Å². The Morgan fingerprint density at radius 3 is 2.48 bits per heavy atom. The van der Waals surface area contributed by atoms with E-state index < -0.39 is 23.5 Å². The molecule has 0 radical (unpaired) electrons. The van der Waals surface area contributed by atoms with Crippen LogP contribution in [0.2, 0.25) is 0 Å². The van der Waals surface area contributed by atoms with Crippen molar-refractivity contribution in [3.05, 3.63) is 106 Å². The van der Waals surface area contributed by atoms with Gasteiger partial charge in [-0.25, -0.2) is 18.8 Å². The molecular formula is C27H21F3N8O2. The molecule has 0 atom stereocenters. The van der Waals surface area contributed by atoms with Gasteiger partial charge in [0, 0.05) is 13.2 Å². The van der Waals surface area contributed by atoms with Gasteiger partial charge in [-0.3, -0.25) is 9.25 Å². The molecule has 2 aromatic carbocycles. The van der Waals surface area contributed by atoms with Crippen LogP contribution >= 0.6 is 0 Å². The van der Waals surface area contributed by atoms with Crippen LogP contribution in [0.25, 0.3) is 22.8 Å². The second-order valence-electron chi connectivity index (χ2n) is 8.86. The number of imidazole rings is 1. The van der Waals surface area contributed by atoms with Crippen molar-refractivity contribution in [1.29, 1.82) is 5.26 Å². The van der Waals surface area contributed by atoms with Crippen molar-refractivity contribution in [1.82, 2.24) is 34.0 Å². The van der Waals surface area contributed by atoms with Gasteiger partial charge < -0.3 is 5.32 Å². The van der Waals surface area contributed by atoms with Crippen LogP contribution in [-0.4, -0.2) is 34.7 Å². The van der Waals surface area contributed by atoms with Crippen molar-refractivity contribution in [2.24, 2.45) is 7.05 Å². The van der Waals surface area contributed by atoms with Crippen LogP contribution in [0.1, 0.15) is 22.5 Å². The number of halogens is 3. The molecule has 0 saturated heterocycles. The lowest BCUT2D eigenvalue weighted by Crippen LogP contribution is -2.37. The molecule has 0 unspecified atom stereocenters. The number of nitrogens with one attached hydrogen (secondary N) is 1. The number of hydrogen-bond donors (Lipinski definition) is 1. The van der Waals surface area contributed by atoms with Gasteiger partial charge in [0.1, 0.15) is 5.69 Å². The van der Waals surface area contributed by atoms with Crippen molar-refractivity contribution in [2.75, 3.05) is 0 Å². The van der Waals surface area contributed by atoms with E-state index in [1.807, 2.05) is 6.07 Å². The summed E-state index contributed by atoms with van der Waals surface area (Å²) in [6, 6.07) is 15.3. The van der Waals surface area contributed by atoms with Gasteiger partial charge in [0.25, 0.3) is 0 Å². The van der Waals surface area contributed by atoms with E-state index in [0.29, 0.717) is 22.6 Å². The normalized spacial score (nSPS) is 11.4. The Morgan fingerprint density at radius 2 is 1.82 bits per heavy atom. The molecule has 5 rings (SSSR count). The Balaban J connectivity index is 1.68. The molecule has 10 nitrogen and oxygen atoms in total. The van der Waals surface area contributed by atoms with Crippen molar-refractivity contribution in [3.63, 3.8) is 0 Å². The van der Waals surface area contributed by atoms with E-state index in [1.165, 1.54) is 29.9 Å². The zero-order chi connectivity index (χ0) is 28.6. The molecule has 3 aromatic heterocycles. The Bertz CT molecular complexity index is 1820. The first-order chi connectivity index (χ1) is 19.1. The molecule has 5 aromatic rings. The zero-order valence-corrected chi connectivity index (χ0v) is 21.2. The Kier molecular flexibility index (Phi) is 6.60. The Hall–Kier alpha value is -5.38. The summed E-state index contributed by atoms with van der Waals surface area (Å²) in [7, 11) is 1.72. The number of alkyl halides is 3. The van der Waals surface area contributed by atoms with Crippen LogP contribution in [0.4, 0.5) is 18.0 Å². The van der Waals surface area contributed by atoms with Crippen LogP contribution in [-0.2, 0) is 19.8 Å². The monoisotopic (exact) mass is 546 g/mol. The number of aryl methyl sites for hydroxylation is 1. The van der Waals surface area contributed by atoms with E-state index in [-0.39, 0.29) is 23.6 Å². The number of benzene rings is 2. The third-order valence-corrected chi connectivity index (χ3v) is 6.23. The van der Waals surface area contributed by atoms with E-state index in [9.17, 15) is 22.8 Å². The summed E-state index contributed by atoms with van der Waals surface area (Å²) in [6.45, 7) is 1.55. The van der Waals surface area contributed by atoms with Crippen LogP contribution in [0.3, 0.4) is 0 Å². The summed E-state index contributed by atoms with van der Waals surface area (Å²) in [5, 5.41) is 20.3. The van der Waals surface area contributed by atoms with Gasteiger partial charge in [0.05, 0.1) is 58.4 Å². The topological polar surface area (TPSA) is 115 Å². The number of aromatic nitrogens is 6. The largest absolute Gasteiger partial charge is 0.416 e. The first-order valence-electron chi connectivity index (χ1n) is 11.9. The average molecular weight is 547 g/mol. The number of amides is 1. The molecule has 0 bridgehead atoms. The molecule has 1 amide bonds. The predicted molar refractivity (Wildman–Crippen MR) is 138 cm³/mol. The second kappa shape index (κ2) is 10.1. The molecule has 1 N–H and O–H groups in total. The highest BCUT2D eigenvalue weighted by Crippen LogP contribution is 2.32. The fourth-order valence-corrected chi connectivity index (χ4v) is 4.39. The minimum atomic E-state index is -4.63. The number of rotatable bonds is 5. The second-order valence-corrected chi connectivity index (χ2v) is 8.86. The van der Waals surface area contributed by atoms with Gasteiger partial charge in [0.15, 0.2) is 0 Å². The SMILES string of the molecule is Cc1c(-c2ccnn2-c2ccc(C#N)cc2)n(C(=O)NCc2ccn(C)n2)c(=O)n1-c1cccc(C(F)(F)F)c1. The molecule has 0 aliphatic rings. The number of carbonyl (C=O) groups excluding carboxylic acids is 1. The molecule has 202 valence electrons. The minimum Gasteiger partial charge on any atom is -0.332 e. The van der Waals surface area contributed by atoms with Crippen molar-refractivity contribution < 1.29 is 18.0 Å². The van der Waals surface area contributed by atoms with E-state index in [0.717, 1.165) is 21.3 Å². The Labute approximate surface area is 225 Å². The van der Waals surface area contributed by atoms with Crippen molar-refractivity contribution in [2.45, 2.75) is 19.6 Å². The van der Waals surface area contributed by atoms with Gasteiger partial charge in [-0.1, -0.05) is 6.07 Å². The molecule has 0 fully saturated rings. The van der Waals surface area contributed by atoms with Crippen LogP contribution in [0, 0.1) is 18.3 Å². The quantitative estimate of drug-likeness (QED) is 0.355. The lowest BCUT2D eigenvalue weighted by Gasteiger charge is -2.12. The van der Waals surface area contributed by atoms with Crippen molar-refractivity contribution >= 4 is 6.03 Å². The molecule has 13 heteroatoms. The number of nitrogens with zero attached hydrogens (tertiary/aromatic N) is 7. The molecule has 0 aliphatic heterocycles. The Morgan fingerprint density at radius 1 is 1.07 bits per heavy atom. The highest BCUT2D eigenvalue weighted by atomic mass is 19.4. The third kappa shape index (κ3) is 4.78. The number of nitriles is 1. The highest BCUT2D eigenvalue weighted by Gasteiger charge is 2.32. The van der Waals surface area contributed by atoms with Gasteiger partial charge in [-0.2, -0.15) is 28.6 Å². The van der Waals surface area contributed by atoms with E-state index in [1.54, 1.807) is 54.3 Å². The molecular weight excluding hydrogens is 525 g/mol. The minimum absolute atomic E-state index is 0.00816. The standard InChI is InChI=1S/C27H21F3N8O2/c1-17-24(23-10-12-33-38(23)21-8-6-18(15-31)7-9-21)37(25(39)32-16-20-11-13-35(2)34-20)26(40)36(17)22-5-3-4-19(14-22)27(28,29)30/h3-14H,16H2,1-2H3,(H,32,39). The van der Waals surface area contributed by atoms with E-state index in [4.69, 9.17) is 5.26 Å². The first-order valence-corrected chi connectivity index (χ1v) is 11.9. The van der Waals surface area contributed by atoms with Gasteiger partial charge in [-0.05, 0) is 61.5 Å². The molecule has 40 heavy (non-hydrogen) atoms. The van der Waals surface area contributed by atoms with Gasteiger partial charge in [-0.15, -0.1) is 0 Å². The summed E-state index contributed by atoms with van der Waals surface area (Å²) in [5.74, 6) is 0. The summed E-state index contributed by atoms with van der Waals surface area (Å²) >= 11 is 0. The maximum absolute atomic E-state index is 13.8. The summed E-state index contributed by atoms with van der Waals surface area (Å²) in [4.78, 5) is 27.2. The van der Waals surface area contributed by atoms with E-state index in [2.05, 4.69) is 15.5 Å². The first kappa shape index (κ1) is 26.2.